The molecule has 0 saturated carbocycles. The summed E-state index contributed by atoms with van der Waals surface area (Å²) in [5, 5.41) is 0. The molecule has 0 rings (SSSR count). The van der Waals surface area contributed by atoms with E-state index in [0.29, 0.717) is 0 Å². The molecule has 0 unspecified atom stereocenters. The van der Waals surface area contributed by atoms with Gasteiger partial charge in [-0.2, -0.15) is 11.1 Å². The van der Waals surface area contributed by atoms with E-state index in [1.165, 1.54) is 0 Å². The molecule has 17 heteroatoms. The van der Waals surface area contributed by atoms with Crippen LogP contribution in [0, 0.1) is 0 Å². The number of hydrogen-bond acceptors (Lipinski definition) is 0. The molecule has 0 aliphatic carbocycles. The van der Waals surface area contributed by atoms with Gasteiger partial charge >= 0.3 is 0 Å². The first-order valence-electron chi connectivity index (χ1n) is 8.44. The molecular formula is C9H27ClSi16. The van der Waals surface area contributed by atoms with Gasteiger partial charge in [-0.25, -0.2) is 0 Å². The molecule has 0 saturated heterocycles. The van der Waals surface area contributed by atoms with E-state index >= 15 is 0 Å². The second kappa shape index (κ2) is 9.32. The zero-order chi connectivity index (χ0) is 21.6. The molecule has 0 N–H and O–H groups in total. The van der Waals surface area contributed by atoms with Crippen molar-refractivity contribution < 1.29 is 0 Å². The van der Waals surface area contributed by atoms with E-state index in [1.54, 1.807) is 0 Å². The summed E-state index contributed by atoms with van der Waals surface area (Å²) in [6, 6.07) is 0. The first-order valence-corrected chi connectivity index (χ1v) is 49.0. The van der Waals surface area contributed by atoms with Gasteiger partial charge in [-0.15, -0.1) is 0 Å². The SMILES string of the molecule is C[Si](C)(C)[Si]([Si])([Si])[Si][Si](Cl)([Si][Si]([Si])([Si])[Si](C)(C)C)[Si][Si]([Si])([Si])[Si](C)(C)C. The van der Waals surface area contributed by atoms with Gasteiger partial charge in [0, 0.05) is 125 Å². The fraction of sp³-hybridized carbons (Fsp3) is 1.00. The topological polar surface area (TPSA) is 0 Å². The van der Waals surface area contributed by atoms with Crippen LogP contribution in [0.2, 0.25) is 58.9 Å². The van der Waals surface area contributed by atoms with E-state index < -0.39 is 47.1 Å². The summed E-state index contributed by atoms with van der Waals surface area (Å²) in [5.74, 6) is -1.93. The first-order chi connectivity index (χ1) is 10.9. The van der Waals surface area contributed by atoms with E-state index in [2.05, 4.69) is 117 Å². The average Bonchev–Trinajstić information content (AvgIpc) is 2.19. The van der Waals surface area contributed by atoms with Crippen molar-refractivity contribution in [1.82, 2.24) is 0 Å². The molecule has 134 valence electrons. The minimum Gasteiger partial charge on any atom is -0.180 e. The minimum absolute atomic E-state index is 0.906. The Morgan fingerprint density at radius 2 is 0.615 bits per heavy atom. The molecule has 0 atom stereocenters. The summed E-state index contributed by atoms with van der Waals surface area (Å²) in [6.45, 7) is 22.4. The molecule has 0 nitrogen and oxygen atoms in total. The van der Waals surface area contributed by atoms with Crippen molar-refractivity contribution in [3.63, 3.8) is 0 Å². The van der Waals surface area contributed by atoms with E-state index in [1.807, 2.05) is 0 Å². The van der Waals surface area contributed by atoms with Crippen molar-refractivity contribution in [2.45, 2.75) is 58.9 Å². The molecule has 0 spiro atoms. The van der Waals surface area contributed by atoms with Crippen molar-refractivity contribution in [1.29, 1.82) is 0 Å². The van der Waals surface area contributed by atoms with Crippen LogP contribution in [0.15, 0.2) is 0 Å². The fourth-order valence-electron chi connectivity index (χ4n) is 1.43. The van der Waals surface area contributed by atoms with Gasteiger partial charge in [0.05, 0.1) is 0 Å². The number of rotatable bonds is 9. The van der Waals surface area contributed by atoms with Gasteiger partial charge in [0.15, 0.2) is 0 Å². The maximum absolute atomic E-state index is 7.77. The van der Waals surface area contributed by atoms with Crippen LogP contribution in [0.25, 0.3) is 0 Å². The van der Waals surface area contributed by atoms with Crippen LogP contribution in [0.1, 0.15) is 0 Å². The Morgan fingerprint density at radius 3 is 0.731 bits per heavy atom. The van der Waals surface area contributed by atoms with Gasteiger partial charge in [0.25, 0.3) is 0 Å². The molecule has 0 fully saturated rings. The van der Waals surface area contributed by atoms with E-state index in [9.17, 15) is 0 Å². The molecule has 0 aromatic rings. The number of halogens is 1. The van der Waals surface area contributed by atoms with Gasteiger partial charge in [-0.3, -0.25) is 0 Å². The van der Waals surface area contributed by atoms with Crippen LogP contribution in [-0.4, -0.2) is 131 Å². The molecule has 0 aromatic heterocycles. The monoisotopic (exact) mass is 618 g/mol. The highest BCUT2D eigenvalue weighted by molar-refractivity contribution is 8.20. The maximum Gasteiger partial charge on any atom is 0.105 e. The van der Waals surface area contributed by atoms with Gasteiger partial charge in [-0.05, 0) is 0 Å². The molecule has 24 radical (unpaired) electrons. The summed E-state index contributed by atoms with van der Waals surface area (Å²) < 4.78 is 0. The summed E-state index contributed by atoms with van der Waals surface area (Å²) in [6.07, 6.45) is -4.94. The van der Waals surface area contributed by atoms with Crippen LogP contribution < -0.4 is 0 Å². The third kappa shape index (κ3) is 8.36. The number of hydrogen-bond donors (Lipinski definition) is 0. The van der Waals surface area contributed by atoms with Crippen LogP contribution in [-0.2, 0) is 0 Å². The predicted octanol–water partition coefficient (Wildman–Crippen LogP) is -0.149. The zero-order valence-corrected chi connectivity index (χ0v) is 34.1. The summed E-state index contributed by atoms with van der Waals surface area (Å²) in [4.78, 5) is 0. The predicted molar refractivity (Wildman–Crippen MR) is 151 cm³/mol. The Kier molecular flexibility index (Phi) is 10.7. The van der Waals surface area contributed by atoms with Crippen molar-refractivity contribution >= 4 is 142 Å². The zero-order valence-electron chi connectivity index (χ0n) is 17.4. The molecule has 0 aliphatic rings. The van der Waals surface area contributed by atoms with Gasteiger partial charge in [0.1, 0.15) is 5.94 Å². The van der Waals surface area contributed by atoms with Gasteiger partial charge in [-0.1, -0.05) is 58.9 Å². The van der Waals surface area contributed by atoms with Crippen molar-refractivity contribution in [2.75, 3.05) is 0 Å². The minimum atomic E-state index is -1.93. The highest BCUT2D eigenvalue weighted by Gasteiger charge is 2.54. The van der Waals surface area contributed by atoms with E-state index in [4.69, 9.17) is 11.1 Å². The lowest BCUT2D eigenvalue weighted by Gasteiger charge is -2.48. The van der Waals surface area contributed by atoms with Crippen LogP contribution in [0.5, 0.6) is 0 Å². The summed E-state index contributed by atoms with van der Waals surface area (Å²) >= 11 is 7.77. The smallest absolute Gasteiger partial charge is 0.105 e. The second-order valence-corrected chi connectivity index (χ2v) is 122. The Morgan fingerprint density at radius 1 is 0.462 bits per heavy atom. The third-order valence-electron chi connectivity index (χ3n) is 4.45. The van der Waals surface area contributed by atoms with Crippen LogP contribution >= 0.6 is 11.1 Å². The third-order valence-corrected chi connectivity index (χ3v) is 179. The van der Waals surface area contributed by atoms with E-state index in [-0.39, 0.29) is 0 Å². The Balaban J connectivity index is 6.05. The molecule has 0 aliphatic heterocycles. The first kappa shape index (κ1) is 29.8. The lowest BCUT2D eigenvalue weighted by molar-refractivity contribution is 1.86. The Labute approximate surface area is 199 Å². The molecular weight excluding hydrogens is 593 g/mol. The van der Waals surface area contributed by atoms with E-state index in [0.717, 1.165) is 25.7 Å². The largest absolute Gasteiger partial charge is 0.180 e. The summed E-state index contributed by atoms with van der Waals surface area (Å²) in [7, 11) is 24.5. The molecule has 0 amide bonds. The van der Waals surface area contributed by atoms with Gasteiger partial charge in [0.2, 0.25) is 0 Å². The summed E-state index contributed by atoms with van der Waals surface area (Å²) in [5.41, 5.74) is 0. The fourth-order valence-corrected chi connectivity index (χ4v) is 257. The lowest BCUT2D eigenvalue weighted by atomic mass is 11.8. The average molecular weight is 620 g/mol. The highest BCUT2D eigenvalue weighted by Crippen LogP contribution is 2.24. The molecule has 0 aromatic carbocycles. The molecule has 0 bridgehead atoms. The van der Waals surface area contributed by atoms with Crippen molar-refractivity contribution in [3.05, 3.63) is 0 Å². The highest BCUT2D eigenvalue weighted by atomic mass is 35.6. The molecule has 0 heterocycles. The normalized spacial score (nSPS) is 16.2. The second-order valence-electron chi connectivity index (χ2n) is 10.0. The van der Waals surface area contributed by atoms with Crippen LogP contribution in [0.4, 0.5) is 0 Å². The Hall–Kier alpha value is 3.76. The van der Waals surface area contributed by atoms with Crippen molar-refractivity contribution in [2.24, 2.45) is 0 Å². The maximum atomic E-state index is 7.77. The molecule has 26 heavy (non-hydrogen) atoms. The van der Waals surface area contributed by atoms with Crippen LogP contribution in [0.3, 0.4) is 0 Å². The Bertz CT molecular complexity index is 412. The lowest BCUT2D eigenvalue weighted by Crippen LogP contribution is -2.83. The quantitative estimate of drug-likeness (QED) is 0.249. The van der Waals surface area contributed by atoms with Crippen molar-refractivity contribution in [3.8, 4) is 0 Å². The standard InChI is InChI=1S/C9H27ClSi16/c1-20(2,3)24(11,12)17-23(10,18-25(13,14)21(4,5)6)19-26(15,16)22(7,8)9/h1-9H3. The van der Waals surface area contributed by atoms with Gasteiger partial charge < -0.3 is 0 Å².